The summed E-state index contributed by atoms with van der Waals surface area (Å²) in [6, 6.07) is 14.7. The third-order valence-electron chi connectivity index (χ3n) is 3.38. The minimum atomic E-state index is -0.845. The number of halogens is 1. The first-order valence-corrected chi connectivity index (χ1v) is 7.23. The van der Waals surface area contributed by atoms with Gasteiger partial charge < -0.3 is 15.6 Å². The van der Waals surface area contributed by atoms with E-state index in [0.717, 1.165) is 5.56 Å². The van der Waals surface area contributed by atoms with Crippen LogP contribution in [0.3, 0.4) is 0 Å². The fourth-order valence-electron chi connectivity index (χ4n) is 2.24. The molecule has 0 unspecified atom stereocenters. The zero-order chi connectivity index (χ0) is 16.4. The first kappa shape index (κ1) is 15.1. The van der Waals surface area contributed by atoms with E-state index in [1.807, 2.05) is 30.3 Å². The van der Waals surface area contributed by atoms with Gasteiger partial charge in [-0.05, 0) is 23.8 Å². The van der Waals surface area contributed by atoms with Crippen molar-refractivity contribution in [2.75, 3.05) is 0 Å². The van der Waals surface area contributed by atoms with Crippen molar-refractivity contribution in [3.05, 3.63) is 64.9 Å². The Morgan fingerprint density at radius 3 is 2.61 bits per heavy atom. The molecule has 0 fully saturated rings. The molecule has 23 heavy (non-hydrogen) atoms. The van der Waals surface area contributed by atoms with Crippen molar-refractivity contribution in [2.24, 2.45) is 5.73 Å². The Balaban J connectivity index is 1.97. The molecule has 1 heterocycles. The lowest BCUT2D eigenvalue weighted by Crippen LogP contribution is -2.13. The molecule has 0 saturated heterocycles. The Labute approximate surface area is 137 Å². The van der Waals surface area contributed by atoms with Crippen molar-refractivity contribution in [1.82, 2.24) is 4.98 Å². The third-order valence-corrected chi connectivity index (χ3v) is 3.67. The number of rotatable bonds is 4. The van der Waals surface area contributed by atoms with Gasteiger partial charge in [0.25, 0.3) is 5.91 Å². The predicted molar refractivity (Wildman–Crippen MR) is 87.7 cm³/mol. The lowest BCUT2D eigenvalue weighted by molar-refractivity contribution is 0.0993. The van der Waals surface area contributed by atoms with Crippen LogP contribution in [0.1, 0.15) is 16.1 Å². The number of ether oxygens (including phenoxy) is 1. The van der Waals surface area contributed by atoms with Crippen LogP contribution < -0.4 is 10.5 Å². The first-order chi connectivity index (χ1) is 11.1. The topological polar surface area (TPSA) is 85.4 Å². The maximum atomic E-state index is 11.3. The van der Waals surface area contributed by atoms with Crippen molar-refractivity contribution >= 4 is 28.3 Å². The maximum absolute atomic E-state index is 11.3. The molecule has 0 radical (unpaired) electrons. The second-order valence-corrected chi connectivity index (χ2v) is 5.30. The second kappa shape index (κ2) is 6.14. The summed E-state index contributed by atoms with van der Waals surface area (Å²) >= 11 is 6.03. The van der Waals surface area contributed by atoms with Gasteiger partial charge >= 0.3 is 0 Å². The van der Waals surface area contributed by atoms with Crippen LogP contribution in [0.15, 0.2) is 48.5 Å². The second-order valence-electron chi connectivity index (χ2n) is 4.95. The lowest BCUT2D eigenvalue weighted by Gasteiger charge is -2.10. The van der Waals surface area contributed by atoms with Crippen LogP contribution in [0.4, 0.5) is 0 Å². The average Bonchev–Trinajstić information content (AvgIpc) is 2.57. The summed E-state index contributed by atoms with van der Waals surface area (Å²) in [6.45, 7) is 0.384. The quantitative estimate of drug-likeness (QED) is 0.720. The predicted octanol–water partition coefficient (Wildman–Crippen LogP) is 3.27. The molecule has 3 N–H and O–H groups in total. The van der Waals surface area contributed by atoms with Gasteiger partial charge in [0, 0.05) is 10.8 Å². The monoisotopic (exact) mass is 328 g/mol. The highest BCUT2D eigenvalue weighted by Crippen LogP contribution is 2.34. The number of benzene rings is 2. The number of amides is 1. The summed E-state index contributed by atoms with van der Waals surface area (Å²) in [5.74, 6) is -0.613. The highest BCUT2D eigenvalue weighted by Gasteiger charge is 2.16. The van der Waals surface area contributed by atoms with Crippen molar-refractivity contribution in [1.29, 1.82) is 0 Å². The molecule has 0 atom stereocenters. The van der Waals surface area contributed by atoms with Gasteiger partial charge in [-0.25, -0.2) is 4.98 Å². The van der Waals surface area contributed by atoms with Crippen LogP contribution in [0.2, 0.25) is 5.15 Å². The zero-order valence-corrected chi connectivity index (χ0v) is 12.7. The third kappa shape index (κ3) is 3.05. The van der Waals surface area contributed by atoms with Crippen LogP contribution in [-0.2, 0) is 6.61 Å². The molecular formula is C17H13ClN2O3. The van der Waals surface area contributed by atoms with E-state index in [9.17, 15) is 9.90 Å². The SMILES string of the molecule is NC(=O)c1nc(Cl)c2ccc(OCc3ccccc3)cc2c1O. The zero-order valence-electron chi connectivity index (χ0n) is 12.0. The fourth-order valence-corrected chi connectivity index (χ4v) is 2.49. The number of carbonyl (C=O) groups excluding carboxylic acids is 1. The van der Waals surface area contributed by atoms with E-state index in [0.29, 0.717) is 23.1 Å². The van der Waals surface area contributed by atoms with Gasteiger partial charge in [0.05, 0.1) is 0 Å². The van der Waals surface area contributed by atoms with Crippen LogP contribution in [0.5, 0.6) is 11.5 Å². The van der Waals surface area contributed by atoms with Gasteiger partial charge in [0.15, 0.2) is 11.4 Å². The highest BCUT2D eigenvalue weighted by atomic mass is 35.5. The van der Waals surface area contributed by atoms with E-state index >= 15 is 0 Å². The van der Waals surface area contributed by atoms with Crippen LogP contribution in [-0.4, -0.2) is 16.0 Å². The number of aromatic nitrogens is 1. The van der Waals surface area contributed by atoms with Gasteiger partial charge in [-0.15, -0.1) is 0 Å². The van der Waals surface area contributed by atoms with Gasteiger partial charge in [-0.1, -0.05) is 41.9 Å². The van der Waals surface area contributed by atoms with Crippen LogP contribution in [0.25, 0.3) is 10.8 Å². The molecule has 0 spiro atoms. The number of pyridine rings is 1. The Morgan fingerprint density at radius 1 is 1.17 bits per heavy atom. The molecule has 1 aromatic heterocycles. The summed E-state index contributed by atoms with van der Waals surface area (Å²) in [5.41, 5.74) is 5.95. The Morgan fingerprint density at radius 2 is 1.91 bits per heavy atom. The smallest absolute Gasteiger partial charge is 0.271 e. The highest BCUT2D eigenvalue weighted by molar-refractivity contribution is 6.35. The lowest BCUT2D eigenvalue weighted by atomic mass is 10.1. The van der Waals surface area contributed by atoms with Crippen molar-refractivity contribution in [3.8, 4) is 11.5 Å². The molecule has 5 nitrogen and oxygen atoms in total. The largest absolute Gasteiger partial charge is 0.505 e. The first-order valence-electron chi connectivity index (χ1n) is 6.85. The fraction of sp³-hybridized carbons (Fsp3) is 0.0588. The standard InChI is InChI=1S/C17H13ClN2O3/c18-16-12-7-6-11(23-9-10-4-2-1-3-5-10)8-13(12)15(21)14(20-16)17(19)22/h1-8,21H,9H2,(H2,19,22). The Kier molecular flexibility index (Phi) is 4.04. The molecule has 0 aliphatic rings. The Hall–Kier alpha value is -2.79. The van der Waals surface area contributed by atoms with Gasteiger partial charge in [-0.2, -0.15) is 0 Å². The van der Waals surface area contributed by atoms with E-state index in [1.165, 1.54) is 0 Å². The average molecular weight is 329 g/mol. The van der Waals surface area contributed by atoms with Gasteiger partial charge in [-0.3, -0.25) is 4.79 Å². The molecule has 6 heteroatoms. The van der Waals surface area contributed by atoms with E-state index in [2.05, 4.69) is 4.98 Å². The van der Waals surface area contributed by atoms with Gasteiger partial charge in [0.2, 0.25) is 0 Å². The summed E-state index contributed by atoms with van der Waals surface area (Å²) in [7, 11) is 0. The number of hydrogen-bond donors (Lipinski definition) is 2. The molecule has 116 valence electrons. The van der Waals surface area contributed by atoms with Crippen molar-refractivity contribution < 1.29 is 14.6 Å². The molecule has 2 aromatic carbocycles. The number of nitrogens with two attached hydrogens (primary N) is 1. The normalized spacial score (nSPS) is 10.7. The number of carbonyl (C=O) groups is 1. The Bertz CT molecular complexity index is 882. The minimum Gasteiger partial charge on any atom is -0.505 e. The van der Waals surface area contributed by atoms with Crippen molar-refractivity contribution in [3.63, 3.8) is 0 Å². The molecule has 0 bridgehead atoms. The molecule has 3 rings (SSSR count). The summed E-state index contributed by atoms with van der Waals surface area (Å²) in [4.78, 5) is 15.1. The van der Waals surface area contributed by atoms with E-state index in [4.69, 9.17) is 22.1 Å². The number of aromatic hydroxyl groups is 1. The molecule has 1 amide bonds. The number of hydrogen-bond acceptors (Lipinski definition) is 4. The molecule has 0 aliphatic heterocycles. The number of primary amides is 1. The molecular weight excluding hydrogens is 316 g/mol. The maximum Gasteiger partial charge on any atom is 0.271 e. The summed E-state index contributed by atoms with van der Waals surface area (Å²) in [5, 5.41) is 11.2. The van der Waals surface area contributed by atoms with E-state index in [1.54, 1.807) is 18.2 Å². The van der Waals surface area contributed by atoms with Gasteiger partial charge in [0.1, 0.15) is 17.5 Å². The van der Waals surface area contributed by atoms with E-state index in [-0.39, 0.29) is 16.6 Å². The molecule has 0 saturated carbocycles. The van der Waals surface area contributed by atoms with Crippen LogP contribution in [0, 0.1) is 0 Å². The molecule has 0 aliphatic carbocycles. The van der Waals surface area contributed by atoms with Crippen molar-refractivity contribution in [2.45, 2.75) is 6.61 Å². The summed E-state index contributed by atoms with van der Waals surface area (Å²) in [6.07, 6.45) is 0. The van der Waals surface area contributed by atoms with E-state index < -0.39 is 5.91 Å². The summed E-state index contributed by atoms with van der Waals surface area (Å²) < 4.78 is 5.70. The number of nitrogens with zero attached hydrogens (tertiary/aromatic N) is 1. The number of fused-ring (bicyclic) bond motifs is 1. The minimum absolute atomic E-state index is 0.0983. The molecule has 3 aromatic rings. The van der Waals surface area contributed by atoms with Crippen LogP contribution >= 0.6 is 11.6 Å².